The monoisotopic (exact) mass is 314 g/mol. The van der Waals surface area contributed by atoms with Crippen LogP contribution in [-0.2, 0) is 12.8 Å². The Labute approximate surface area is 131 Å². The van der Waals surface area contributed by atoms with Gasteiger partial charge in [-0.3, -0.25) is 4.79 Å². The number of rotatable bonds is 1. The van der Waals surface area contributed by atoms with Crippen LogP contribution in [0.3, 0.4) is 0 Å². The van der Waals surface area contributed by atoms with E-state index in [1.165, 1.54) is 36.1 Å². The molecule has 1 aliphatic heterocycles. The Balaban J connectivity index is 0.00000147. The van der Waals surface area contributed by atoms with E-state index in [0.717, 1.165) is 30.9 Å². The molecule has 1 saturated heterocycles. The molecule has 2 heterocycles. The number of thiophene rings is 1. The average Bonchev–Trinajstić information content (AvgIpc) is 2.69. The predicted molar refractivity (Wildman–Crippen MR) is 86.2 cm³/mol. The Morgan fingerprint density at radius 3 is 2.95 bits per heavy atom. The number of amides is 1. The van der Waals surface area contributed by atoms with E-state index in [1.807, 2.05) is 4.90 Å². The van der Waals surface area contributed by atoms with Gasteiger partial charge in [0.1, 0.15) is 0 Å². The summed E-state index contributed by atoms with van der Waals surface area (Å²) < 4.78 is 0. The van der Waals surface area contributed by atoms with Gasteiger partial charge in [-0.25, -0.2) is 0 Å². The molecule has 0 bridgehead atoms. The quantitative estimate of drug-likeness (QED) is 0.808. The largest absolute Gasteiger partial charge is 0.335 e. The lowest BCUT2D eigenvalue weighted by molar-refractivity contribution is 0.0714. The summed E-state index contributed by atoms with van der Waals surface area (Å²) in [6.07, 6.45) is 6.23. The van der Waals surface area contributed by atoms with Crippen LogP contribution in [0.1, 0.15) is 46.3 Å². The van der Waals surface area contributed by atoms with Gasteiger partial charge in [0, 0.05) is 30.6 Å². The van der Waals surface area contributed by atoms with Gasteiger partial charge < -0.3 is 10.2 Å². The minimum Gasteiger partial charge on any atom is -0.335 e. The Morgan fingerprint density at radius 2 is 2.15 bits per heavy atom. The van der Waals surface area contributed by atoms with Gasteiger partial charge in [0.25, 0.3) is 5.91 Å². The van der Waals surface area contributed by atoms with Crippen LogP contribution >= 0.6 is 23.7 Å². The van der Waals surface area contributed by atoms with Crippen molar-refractivity contribution >= 4 is 29.7 Å². The number of carbonyl (C=O) groups excluding carboxylic acids is 1. The lowest BCUT2D eigenvalue weighted by atomic mass is 10.1. The number of aryl methyl sites for hydroxylation is 2. The van der Waals surface area contributed by atoms with Gasteiger partial charge in [-0.15, -0.1) is 23.7 Å². The third-order valence-corrected chi connectivity index (χ3v) is 5.34. The van der Waals surface area contributed by atoms with Crippen LogP contribution in [0.5, 0.6) is 0 Å². The summed E-state index contributed by atoms with van der Waals surface area (Å²) in [7, 11) is 0. The molecule has 0 unspecified atom stereocenters. The van der Waals surface area contributed by atoms with Gasteiger partial charge in [0.2, 0.25) is 0 Å². The summed E-state index contributed by atoms with van der Waals surface area (Å²) in [6, 6.07) is 2.58. The van der Waals surface area contributed by atoms with Crippen molar-refractivity contribution in [2.45, 2.75) is 45.1 Å². The zero-order chi connectivity index (χ0) is 13.2. The fourth-order valence-corrected chi connectivity index (χ4v) is 4.27. The van der Waals surface area contributed by atoms with Crippen molar-refractivity contribution in [3.8, 4) is 0 Å². The lowest BCUT2D eigenvalue weighted by Crippen LogP contribution is -2.51. The summed E-state index contributed by atoms with van der Waals surface area (Å²) >= 11 is 1.74. The summed E-state index contributed by atoms with van der Waals surface area (Å²) in [6.45, 7) is 4.73. The molecule has 0 saturated carbocycles. The number of nitrogens with zero attached hydrogens (tertiary/aromatic N) is 1. The SMILES string of the molecule is C[C@H]1CN(C(=O)c2cc3c(s2)CCCCC3)CCN1.Cl. The third kappa shape index (κ3) is 3.35. The van der Waals surface area contributed by atoms with Crippen LogP contribution in [0.2, 0.25) is 0 Å². The highest BCUT2D eigenvalue weighted by molar-refractivity contribution is 7.14. The first-order chi connectivity index (χ1) is 9.24. The average molecular weight is 315 g/mol. The van der Waals surface area contributed by atoms with Gasteiger partial charge in [-0.05, 0) is 44.2 Å². The number of nitrogens with one attached hydrogen (secondary N) is 1. The van der Waals surface area contributed by atoms with Crippen LogP contribution in [-0.4, -0.2) is 36.5 Å². The molecule has 5 heteroatoms. The predicted octanol–water partition coefficient (Wildman–Crippen LogP) is 2.87. The molecule has 0 aromatic carbocycles. The van der Waals surface area contributed by atoms with Crippen molar-refractivity contribution in [1.29, 1.82) is 0 Å². The van der Waals surface area contributed by atoms with Gasteiger partial charge in [-0.1, -0.05) is 6.42 Å². The number of hydrogen-bond donors (Lipinski definition) is 1. The van der Waals surface area contributed by atoms with Crippen LogP contribution < -0.4 is 5.32 Å². The fraction of sp³-hybridized carbons (Fsp3) is 0.667. The molecule has 3 nitrogen and oxygen atoms in total. The van der Waals surface area contributed by atoms with Gasteiger partial charge >= 0.3 is 0 Å². The summed E-state index contributed by atoms with van der Waals surface area (Å²) in [5, 5.41) is 3.38. The highest BCUT2D eigenvalue weighted by Crippen LogP contribution is 2.29. The van der Waals surface area contributed by atoms with E-state index >= 15 is 0 Å². The minimum atomic E-state index is 0. The van der Waals surface area contributed by atoms with Crippen molar-refractivity contribution < 1.29 is 4.79 Å². The molecule has 0 spiro atoms. The van der Waals surface area contributed by atoms with Gasteiger partial charge in [0.15, 0.2) is 0 Å². The second-order valence-corrected chi connectivity index (χ2v) is 6.86. The molecule has 1 aromatic heterocycles. The van der Waals surface area contributed by atoms with E-state index in [2.05, 4.69) is 18.3 Å². The number of carbonyl (C=O) groups is 1. The maximum atomic E-state index is 12.6. The van der Waals surface area contributed by atoms with Crippen molar-refractivity contribution in [3.63, 3.8) is 0 Å². The Hall–Kier alpha value is -0.580. The maximum absolute atomic E-state index is 12.6. The standard InChI is InChI=1S/C15H22N2OS.ClH/c1-11-10-17(8-7-16-11)15(18)14-9-12-5-3-2-4-6-13(12)19-14;/h9,11,16H,2-8,10H2,1H3;1H/t11-;/m0./s1. The topological polar surface area (TPSA) is 32.3 Å². The maximum Gasteiger partial charge on any atom is 0.264 e. The van der Waals surface area contributed by atoms with Crippen LogP contribution in [0, 0.1) is 0 Å². The Bertz CT molecular complexity index is 451. The third-order valence-electron chi connectivity index (χ3n) is 4.11. The van der Waals surface area contributed by atoms with E-state index < -0.39 is 0 Å². The molecule has 20 heavy (non-hydrogen) atoms. The van der Waals surface area contributed by atoms with Gasteiger partial charge in [0.05, 0.1) is 4.88 Å². The molecule has 112 valence electrons. The fourth-order valence-electron chi connectivity index (χ4n) is 3.05. The summed E-state index contributed by atoms with van der Waals surface area (Å²) in [5.41, 5.74) is 1.44. The molecule has 1 atom stereocenters. The highest BCUT2D eigenvalue weighted by Gasteiger charge is 2.24. The molecular weight excluding hydrogens is 292 g/mol. The van der Waals surface area contributed by atoms with E-state index in [-0.39, 0.29) is 18.3 Å². The lowest BCUT2D eigenvalue weighted by Gasteiger charge is -2.31. The van der Waals surface area contributed by atoms with Crippen molar-refractivity contribution in [1.82, 2.24) is 10.2 Å². The smallest absolute Gasteiger partial charge is 0.264 e. The first-order valence-electron chi connectivity index (χ1n) is 7.38. The van der Waals surface area contributed by atoms with Crippen LogP contribution in [0.15, 0.2) is 6.07 Å². The molecule has 1 aromatic rings. The van der Waals surface area contributed by atoms with Crippen LogP contribution in [0.4, 0.5) is 0 Å². The van der Waals surface area contributed by atoms with E-state index in [4.69, 9.17) is 0 Å². The summed E-state index contributed by atoms with van der Waals surface area (Å²) in [4.78, 5) is 17.0. The zero-order valence-electron chi connectivity index (χ0n) is 12.0. The number of fused-ring (bicyclic) bond motifs is 1. The molecule has 3 rings (SSSR count). The van der Waals surface area contributed by atoms with E-state index in [0.29, 0.717) is 6.04 Å². The second-order valence-electron chi connectivity index (χ2n) is 5.73. The van der Waals surface area contributed by atoms with Crippen molar-refractivity contribution in [3.05, 3.63) is 21.4 Å². The van der Waals surface area contributed by atoms with E-state index in [9.17, 15) is 4.79 Å². The second kappa shape index (κ2) is 6.92. The number of halogens is 1. The van der Waals surface area contributed by atoms with E-state index in [1.54, 1.807) is 11.3 Å². The normalized spacial score (nSPS) is 22.6. The molecule has 1 fully saturated rings. The number of piperazine rings is 1. The Morgan fingerprint density at radius 1 is 1.35 bits per heavy atom. The molecule has 2 aliphatic rings. The first kappa shape index (κ1) is 15.8. The Kier molecular flexibility index (Phi) is 5.47. The highest BCUT2D eigenvalue weighted by atomic mass is 35.5. The molecule has 1 N–H and O–H groups in total. The van der Waals surface area contributed by atoms with Crippen molar-refractivity contribution in [2.24, 2.45) is 0 Å². The molecule has 1 amide bonds. The van der Waals surface area contributed by atoms with Crippen LogP contribution in [0.25, 0.3) is 0 Å². The zero-order valence-corrected chi connectivity index (χ0v) is 13.6. The molecule has 0 radical (unpaired) electrons. The minimum absolute atomic E-state index is 0. The van der Waals surface area contributed by atoms with Crippen molar-refractivity contribution in [2.75, 3.05) is 19.6 Å². The number of hydrogen-bond acceptors (Lipinski definition) is 3. The summed E-state index contributed by atoms with van der Waals surface area (Å²) in [5.74, 6) is 0.242. The molecular formula is C15H23ClN2OS. The first-order valence-corrected chi connectivity index (χ1v) is 8.20. The molecule has 1 aliphatic carbocycles. The van der Waals surface area contributed by atoms with Gasteiger partial charge in [-0.2, -0.15) is 0 Å².